The molecule has 164 valence electrons. The van der Waals surface area contributed by atoms with Crippen LogP contribution in [-0.2, 0) is 11.2 Å². The molecular weight excluding hydrogens is 394 g/mol. The Morgan fingerprint density at radius 2 is 1.97 bits per heavy atom. The summed E-state index contributed by atoms with van der Waals surface area (Å²) in [5.74, 6) is 0.0627. The van der Waals surface area contributed by atoms with E-state index in [0.717, 1.165) is 58.7 Å². The van der Waals surface area contributed by atoms with E-state index in [0.29, 0.717) is 30.7 Å². The fraction of sp³-hybridized carbons (Fsp3) is 0.520. The Hall–Kier alpha value is -2.60. The minimum Gasteiger partial charge on any atom is -0.464 e. The van der Waals surface area contributed by atoms with Crippen LogP contribution in [-0.4, -0.2) is 34.6 Å². The van der Waals surface area contributed by atoms with Gasteiger partial charge in [-0.1, -0.05) is 12.8 Å². The lowest BCUT2D eigenvalue weighted by atomic mass is 9.71. The average Bonchev–Trinajstić information content (AvgIpc) is 3.12. The van der Waals surface area contributed by atoms with Gasteiger partial charge in [0.2, 0.25) is 5.91 Å². The highest BCUT2D eigenvalue weighted by atomic mass is 16.4. The van der Waals surface area contributed by atoms with E-state index in [4.69, 9.17) is 8.83 Å². The molecule has 2 unspecified atom stereocenters. The highest BCUT2D eigenvalue weighted by Crippen LogP contribution is 2.40. The lowest BCUT2D eigenvalue weighted by Gasteiger charge is -2.47. The van der Waals surface area contributed by atoms with Crippen molar-refractivity contribution in [1.82, 2.24) is 4.90 Å². The van der Waals surface area contributed by atoms with Gasteiger partial charge in [0.1, 0.15) is 11.2 Å². The maximum atomic E-state index is 13.1. The first-order valence-electron chi connectivity index (χ1n) is 11.2. The highest BCUT2D eigenvalue weighted by molar-refractivity contribution is 6.00. The summed E-state index contributed by atoms with van der Waals surface area (Å²) in [7, 11) is 0. The Kier molecular flexibility index (Phi) is 4.74. The topological polar surface area (TPSA) is 83.9 Å². The normalized spacial score (nSPS) is 24.0. The molecule has 5 rings (SSSR count). The molecule has 31 heavy (non-hydrogen) atoms. The lowest BCUT2D eigenvalue weighted by Crippen LogP contribution is -2.55. The van der Waals surface area contributed by atoms with Crippen LogP contribution in [0.3, 0.4) is 0 Å². The molecule has 1 amide bonds. The van der Waals surface area contributed by atoms with Crippen LogP contribution in [0.2, 0.25) is 0 Å². The molecule has 2 fully saturated rings. The summed E-state index contributed by atoms with van der Waals surface area (Å²) in [5.41, 5.74) is 3.19. The Labute approximate surface area is 180 Å². The molecule has 6 heteroatoms. The van der Waals surface area contributed by atoms with Crippen LogP contribution < -0.4 is 5.63 Å². The van der Waals surface area contributed by atoms with Crippen LogP contribution in [0, 0.1) is 26.7 Å². The quantitative estimate of drug-likeness (QED) is 0.626. The summed E-state index contributed by atoms with van der Waals surface area (Å²) in [4.78, 5) is 27.8. The number of nitrogens with zero attached hydrogens (tertiary/aromatic N) is 1. The smallest absolute Gasteiger partial charge is 0.340 e. The maximum absolute atomic E-state index is 13.1. The number of carbonyl (C=O) groups is 1. The zero-order chi connectivity index (χ0) is 21.9. The monoisotopic (exact) mass is 423 g/mol. The summed E-state index contributed by atoms with van der Waals surface area (Å²) in [5, 5.41) is 12.7. The number of carbonyl (C=O) groups excluding carboxylic acids is 1. The molecule has 1 aliphatic heterocycles. The minimum absolute atomic E-state index is 0.0245. The van der Waals surface area contributed by atoms with Crippen LogP contribution in [0.5, 0.6) is 0 Å². The second-order valence-electron chi connectivity index (χ2n) is 9.48. The average molecular weight is 424 g/mol. The van der Waals surface area contributed by atoms with Crippen LogP contribution >= 0.6 is 0 Å². The first-order valence-corrected chi connectivity index (χ1v) is 11.2. The van der Waals surface area contributed by atoms with Gasteiger partial charge in [-0.3, -0.25) is 4.79 Å². The number of fused-ring (bicyclic) bond motifs is 3. The minimum atomic E-state index is -0.627. The van der Waals surface area contributed by atoms with E-state index in [1.807, 2.05) is 31.7 Å². The summed E-state index contributed by atoms with van der Waals surface area (Å²) >= 11 is 0. The van der Waals surface area contributed by atoms with Crippen LogP contribution in [0.1, 0.15) is 54.4 Å². The number of furan rings is 1. The first-order chi connectivity index (χ1) is 14.8. The molecule has 2 aliphatic rings. The number of aryl methyl sites for hydroxylation is 3. The van der Waals surface area contributed by atoms with Crippen molar-refractivity contribution in [3.63, 3.8) is 0 Å². The molecule has 3 aromatic rings. The molecule has 2 aromatic heterocycles. The summed E-state index contributed by atoms with van der Waals surface area (Å²) < 4.78 is 11.3. The van der Waals surface area contributed by atoms with Gasteiger partial charge in [-0.15, -0.1) is 0 Å². The van der Waals surface area contributed by atoms with E-state index in [1.165, 1.54) is 0 Å². The molecular formula is C25H29NO5. The fourth-order valence-corrected chi connectivity index (χ4v) is 5.58. The fourth-order valence-electron chi connectivity index (χ4n) is 5.58. The van der Waals surface area contributed by atoms with Crippen molar-refractivity contribution in [1.29, 1.82) is 0 Å². The van der Waals surface area contributed by atoms with Gasteiger partial charge in [0.25, 0.3) is 0 Å². The number of rotatable bonds is 2. The van der Waals surface area contributed by atoms with Crippen molar-refractivity contribution in [3.8, 4) is 0 Å². The van der Waals surface area contributed by atoms with Crippen molar-refractivity contribution in [2.24, 2.45) is 5.92 Å². The number of amides is 1. The van der Waals surface area contributed by atoms with Gasteiger partial charge in [0, 0.05) is 35.3 Å². The molecule has 0 radical (unpaired) electrons. The molecule has 1 saturated heterocycles. The van der Waals surface area contributed by atoms with Crippen molar-refractivity contribution < 1.29 is 18.7 Å². The van der Waals surface area contributed by atoms with E-state index < -0.39 is 11.2 Å². The number of benzene rings is 1. The predicted molar refractivity (Wildman–Crippen MR) is 118 cm³/mol. The van der Waals surface area contributed by atoms with E-state index in [1.54, 1.807) is 6.26 Å². The molecule has 1 aliphatic carbocycles. The van der Waals surface area contributed by atoms with E-state index in [9.17, 15) is 14.7 Å². The van der Waals surface area contributed by atoms with Gasteiger partial charge in [-0.05, 0) is 57.2 Å². The van der Waals surface area contributed by atoms with Gasteiger partial charge < -0.3 is 18.8 Å². The van der Waals surface area contributed by atoms with Gasteiger partial charge in [-0.25, -0.2) is 4.79 Å². The number of hydrogen-bond acceptors (Lipinski definition) is 5. The third-order valence-electron chi connectivity index (χ3n) is 7.64. The van der Waals surface area contributed by atoms with E-state index in [-0.39, 0.29) is 18.2 Å². The lowest BCUT2D eigenvalue weighted by molar-refractivity contribution is -0.142. The Balaban J connectivity index is 1.47. The second-order valence-corrected chi connectivity index (χ2v) is 9.48. The van der Waals surface area contributed by atoms with E-state index in [2.05, 4.69) is 0 Å². The van der Waals surface area contributed by atoms with Crippen LogP contribution in [0.25, 0.3) is 21.9 Å². The van der Waals surface area contributed by atoms with Crippen molar-refractivity contribution in [2.45, 2.75) is 64.9 Å². The Morgan fingerprint density at radius 1 is 1.16 bits per heavy atom. The molecule has 6 nitrogen and oxygen atoms in total. The van der Waals surface area contributed by atoms with Crippen LogP contribution in [0.15, 0.2) is 26.0 Å². The predicted octanol–water partition coefficient (Wildman–Crippen LogP) is 4.16. The largest absolute Gasteiger partial charge is 0.464 e. The molecule has 1 aromatic carbocycles. The standard InChI is InChI=1S/C25H29NO5/c1-14-13-30-22-16(3)23-19(10-18(14)22)15(2)20(24(28)31-23)11-21(27)26-9-8-25(29)7-5-4-6-17(25)12-26/h10,13,17,29H,4-9,11-12H2,1-3H3. The number of likely N-dealkylation sites (tertiary alicyclic amines) is 1. The molecule has 3 heterocycles. The second kappa shape index (κ2) is 7.23. The first kappa shape index (κ1) is 20.3. The van der Waals surface area contributed by atoms with Crippen molar-refractivity contribution >= 4 is 27.8 Å². The molecule has 1 N–H and O–H groups in total. The highest BCUT2D eigenvalue weighted by Gasteiger charge is 2.43. The number of hydrogen-bond donors (Lipinski definition) is 1. The molecule has 1 saturated carbocycles. The molecule has 0 bridgehead atoms. The number of aliphatic hydroxyl groups is 1. The van der Waals surface area contributed by atoms with Gasteiger partial charge in [0.05, 0.1) is 23.8 Å². The van der Waals surface area contributed by atoms with Gasteiger partial charge in [-0.2, -0.15) is 0 Å². The van der Waals surface area contributed by atoms with Gasteiger partial charge in [0.15, 0.2) is 0 Å². The Morgan fingerprint density at radius 3 is 2.77 bits per heavy atom. The number of piperidine rings is 1. The summed E-state index contributed by atoms with van der Waals surface area (Å²) in [6.45, 7) is 6.87. The third-order valence-corrected chi connectivity index (χ3v) is 7.64. The third kappa shape index (κ3) is 3.19. The summed E-state index contributed by atoms with van der Waals surface area (Å²) in [6.07, 6.45) is 6.29. The molecule has 0 spiro atoms. The van der Waals surface area contributed by atoms with Gasteiger partial charge >= 0.3 is 5.63 Å². The maximum Gasteiger partial charge on any atom is 0.340 e. The zero-order valence-corrected chi connectivity index (χ0v) is 18.4. The van der Waals surface area contributed by atoms with E-state index >= 15 is 0 Å². The zero-order valence-electron chi connectivity index (χ0n) is 18.4. The van der Waals surface area contributed by atoms with Crippen LogP contribution in [0.4, 0.5) is 0 Å². The summed E-state index contributed by atoms with van der Waals surface area (Å²) in [6, 6.07) is 1.99. The van der Waals surface area contributed by atoms with Crippen molar-refractivity contribution in [2.75, 3.05) is 13.1 Å². The molecule has 2 atom stereocenters. The SMILES string of the molecule is Cc1coc2c(C)c3oc(=O)c(CC(=O)N4CCC5(O)CCCCC5C4)c(C)c3cc12. The Bertz CT molecular complexity index is 1250. The van der Waals surface area contributed by atoms with Crippen molar-refractivity contribution in [3.05, 3.63) is 45.0 Å².